The van der Waals surface area contributed by atoms with Crippen LogP contribution < -0.4 is 15.4 Å². The van der Waals surface area contributed by atoms with Gasteiger partial charge in [-0.3, -0.25) is 4.79 Å². The Morgan fingerprint density at radius 2 is 2.04 bits per heavy atom. The molecule has 1 aliphatic rings. The third kappa shape index (κ3) is 5.74. The fourth-order valence-corrected chi connectivity index (χ4v) is 3.17. The summed E-state index contributed by atoms with van der Waals surface area (Å²) in [6, 6.07) is 17.5. The summed E-state index contributed by atoms with van der Waals surface area (Å²) < 4.78 is 5.83. The molecule has 2 aromatic rings. The third-order valence-corrected chi connectivity index (χ3v) is 4.77. The quantitative estimate of drug-likeness (QED) is 0.753. The Hall–Kier alpha value is -3.02. The van der Waals surface area contributed by atoms with Crippen LogP contribution in [0.1, 0.15) is 25.3 Å². The monoisotopic (exact) mass is 381 g/mol. The zero-order valence-corrected chi connectivity index (χ0v) is 16.2. The Kier molecular flexibility index (Phi) is 6.89. The predicted molar refractivity (Wildman–Crippen MR) is 110 cm³/mol. The number of benzene rings is 2. The first-order chi connectivity index (χ1) is 13.6. The first-order valence-electron chi connectivity index (χ1n) is 9.73. The Labute approximate surface area is 165 Å². The number of aryl methyl sites for hydroxylation is 1. The van der Waals surface area contributed by atoms with Gasteiger partial charge in [0.2, 0.25) is 5.91 Å². The largest absolute Gasteiger partial charge is 0.494 e. The van der Waals surface area contributed by atoms with E-state index in [-0.39, 0.29) is 18.0 Å². The second-order valence-corrected chi connectivity index (χ2v) is 6.99. The molecule has 28 heavy (non-hydrogen) atoms. The van der Waals surface area contributed by atoms with Gasteiger partial charge in [-0.25, -0.2) is 4.79 Å². The minimum absolute atomic E-state index is 0.0203. The second kappa shape index (κ2) is 9.78. The molecule has 0 bridgehead atoms. The molecule has 0 aliphatic carbocycles. The van der Waals surface area contributed by atoms with Gasteiger partial charge in [-0.15, -0.1) is 0 Å². The number of urea groups is 1. The second-order valence-electron chi connectivity index (χ2n) is 6.99. The molecule has 148 valence electrons. The molecule has 1 aliphatic heterocycles. The van der Waals surface area contributed by atoms with E-state index in [4.69, 9.17) is 4.74 Å². The van der Waals surface area contributed by atoms with Crippen molar-refractivity contribution in [3.05, 3.63) is 60.2 Å². The number of amides is 3. The molecule has 0 spiro atoms. The third-order valence-electron chi connectivity index (χ3n) is 4.77. The molecule has 1 saturated heterocycles. The average Bonchev–Trinajstić information content (AvgIpc) is 2.87. The van der Waals surface area contributed by atoms with E-state index in [2.05, 4.69) is 22.8 Å². The minimum Gasteiger partial charge on any atom is -0.494 e. The molecule has 6 nitrogen and oxygen atoms in total. The zero-order chi connectivity index (χ0) is 19.8. The summed E-state index contributed by atoms with van der Waals surface area (Å²) in [5.74, 6) is 0.708. The van der Waals surface area contributed by atoms with Gasteiger partial charge in [0.05, 0.1) is 6.61 Å². The standard InChI is InChI=1S/C22H27N3O3/c1-17-16-23-21(26)12-13-25(17)22(27)24-19-10-5-11-20(15-19)28-14-6-9-18-7-3-2-4-8-18/h2-5,7-8,10-11,15,17H,6,9,12-14,16H2,1H3,(H,23,26)(H,24,27)/t17-/m1/s1. The lowest BCUT2D eigenvalue weighted by Gasteiger charge is -2.26. The molecule has 0 saturated carbocycles. The van der Waals surface area contributed by atoms with Crippen molar-refractivity contribution in [3.8, 4) is 5.75 Å². The summed E-state index contributed by atoms with van der Waals surface area (Å²) in [5.41, 5.74) is 1.98. The van der Waals surface area contributed by atoms with Crippen LogP contribution in [0.4, 0.5) is 10.5 Å². The maximum atomic E-state index is 12.6. The summed E-state index contributed by atoms with van der Waals surface area (Å²) in [6.45, 7) is 3.42. The van der Waals surface area contributed by atoms with Gasteiger partial charge in [-0.1, -0.05) is 36.4 Å². The molecule has 0 aromatic heterocycles. The van der Waals surface area contributed by atoms with Crippen LogP contribution in [0, 0.1) is 0 Å². The number of nitrogens with zero attached hydrogens (tertiary/aromatic N) is 1. The molecule has 3 rings (SSSR count). The molecule has 6 heteroatoms. The smallest absolute Gasteiger partial charge is 0.322 e. The normalized spacial score (nSPS) is 16.8. The van der Waals surface area contributed by atoms with Crippen LogP contribution in [0.3, 0.4) is 0 Å². The summed E-state index contributed by atoms with van der Waals surface area (Å²) in [7, 11) is 0. The fourth-order valence-electron chi connectivity index (χ4n) is 3.17. The molecule has 0 radical (unpaired) electrons. The van der Waals surface area contributed by atoms with Gasteiger partial charge in [0.1, 0.15) is 5.75 Å². The zero-order valence-electron chi connectivity index (χ0n) is 16.2. The first kappa shape index (κ1) is 19.7. The number of nitrogens with one attached hydrogen (secondary N) is 2. The van der Waals surface area contributed by atoms with E-state index in [9.17, 15) is 9.59 Å². The summed E-state index contributed by atoms with van der Waals surface area (Å²) in [4.78, 5) is 25.8. The Morgan fingerprint density at radius 1 is 1.21 bits per heavy atom. The lowest BCUT2D eigenvalue weighted by molar-refractivity contribution is -0.120. The lowest BCUT2D eigenvalue weighted by atomic mass is 10.1. The number of ether oxygens (including phenoxy) is 1. The SMILES string of the molecule is C[C@@H]1CNC(=O)CCN1C(=O)Nc1cccc(OCCCc2ccccc2)c1. The molecule has 0 unspecified atom stereocenters. The van der Waals surface area contributed by atoms with Gasteiger partial charge in [0.15, 0.2) is 0 Å². The van der Waals surface area contributed by atoms with E-state index in [1.165, 1.54) is 5.56 Å². The predicted octanol–water partition coefficient (Wildman–Crippen LogP) is 3.44. The number of rotatable bonds is 6. The van der Waals surface area contributed by atoms with Crippen molar-refractivity contribution in [3.63, 3.8) is 0 Å². The molecule has 3 amide bonds. The van der Waals surface area contributed by atoms with Crippen molar-refractivity contribution in [1.29, 1.82) is 0 Å². The highest BCUT2D eigenvalue weighted by Gasteiger charge is 2.24. The van der Waals surface area contributed by atoms with Crippen molar-refractivity contribution in [1.82, 2.24) is 10.2 Å². The van der Waals surface area contributed by atoms with Crippen LogP contribution >= 0.6 is 0 Å². The first-order valence-corrected chi connectivity index (χ1v) is 9.73. The van der Waals surface area contributed by atoms with E-state index in [1.54, 1.807) is 4.90 Å². The van der Waals surface area contributed by atoms with E-state index in [0.29, 0.717) is 31.8 Å². The van der Waals surface area contributed by atoms with Crippen LogP contribution in [-0.2, 0) is 11.2 Å². The van der Waals surface area contributed by atoms with Crippen molar-refractivity contribution in [2.75, 3.05) is 25.0 Å². The maximum Gasteiger partial charge on any atom is 0.322 e. The van der Waals surface area contributed by atoms with Crippen molar-refractivity contribution >= 4 is 17.6 Å². The fraction of sp³-hybridized carbons (Fsp3) is 0.364. The number of hydrogen-bond donors (Lipinski definition) is 2. The van der Waals surface area contributed by atoms with Gasteiger partial charge in [0.25, 0.3) is 0 Å². The lowest BCUT2D eigenvalue weighted by Crippen LogP contribution is -2.44. The number of carbonyl (C=O) groups excluding carboxylic acids is 2. The molecular formula is C22H27N3O3. The highest BCUT2D eigenvalue weighted by molar-refractivity contribution is 5.90. The molecule has 2 N–H and O–H groups in total. The van der Waals surface area contributed by atoms with Crippen LogP contribution in [0.15, 0.2) is 54.6 Å². The van der Waals surface area contributed by atoms with E-state index < -0.39 is 0 Å². The average molecular weight is 381 g/mol. The topological polar surface area (TPSA) is 70.7 Å². The number of carbonyl (C=O) groups is 2. The van der Waals surface area contributed by atoms with Gasteiger partial charge in [-0.2, -0.15) is 0 Å². The van der Waals surface area contributed by atoms with Crippen LogP contribution in [0.2, 0.25) is 0 Å². The molecule has 1 fully saturated rings. The Morgan fingerprint density at radius 3 is 2.86 bits per heavy atom. The van der Waals surface area contributed by atoms with Crippen molar-refractivity contribution in [2.24, 2.45) is 0 Å². The van der Waals surface area contributed by atoms with Gasteiger partial charge in [-0.05, 0) is 37.5 Å². The summed E-state index contributed by atoms with van der Waals surface area (Å²) >= 11 is 0. The highest BCUT2D eigenvalue weighted by atomic mass is 16.5. The van der Waals surface area contributed by atoms with Crippen molar-refractivity contribution in [2.45, 2.75) is 32.2 Å². The molecular weight excluding hydrogens is 354 g/mol. The molecule has 1 atom stereocenters. The van der Waals surface area contributed by atoms with Gasteiger partial charge < -0.3 is 20.3 Å². The highest BCUT2D eigenvalue weighted by Crippen LogP contribution is 2.19. The molecule has 2 aromatic carbocycles. The Balaban J connectivity index is 1.49. The van der Waals surface area contributed by atoms with E-state index in [0.717, 1.165) is 18.6 Å². The Bertz CT molecular complexity index is 795. The maximum absolute atomic E-state index is 12.6. The van der Waals surface area contributed by atoms with Gasteiger partial charge in [0, 0.05) is 37.3 Å². The van der Waals surface area contributed by atoms with E-state index >= 15 is 0 Å². The van der Waals surface area contributed by atoms with E-state index in [1.807, 2.05) is 49.4 Å². The number of anilines is 1. The summed E-state index contributed by atoms with van der Waals surface area (Å²) in [6.07, 6.45) is 2.21. The van der Waals surface area contributed by atoms with Crippen LogP contribution in [-0.4, -0.2) is 42.6 Å². The van der Waals surface area contributed by atoms with Crippen molar-refractivity contribution < 1.29 is 14.3 Å². The van der Waals surface area contributed by atoms with Gasteiger partial charge >= 0.3 is 6.03 Å². The summed E-state index contributed by atoms with van der Waals surface area (Å²) in [5, 5.41) is 5.72. The number of hydrogen-bond acceptors (Lipinski definition) is 3. The van der Waals surface area contributed by atoms with Crippen LogP contribution in [0.5, 0.6) is 5.75 Å². The molecule has 1 heterocycles. The van der Waals surface area contributed by atoms with Crippen LogP contribution in [0.25, 0.3) is 0 Å². The minimum atomic E-state index is -0.203.